The minimum Gasteiger partial charge on any atom is -0.481 e. The molecule has 20 heteroatoms. The van der Waals surface area contributed by atoms with Gasteiger partial charge in [-0.15, -0.1) is 0 Å². The van der Waals surface area contributed by atoms with E-state index in [-0.39, 0.29) is 56.3 Å². The predicted molar refractivity (Wildman–Crippen MR) is 282 cm³/mol. The molecule has 0 aromatic carbocycles. The van der Waals surface area contributed by atoms with Gasteiger partial charge in [0, 0.05) is 6.42 Å². The average molecular weight is 1050 g/mol. The van der Waals surface area contributed by atoms with E-state index in [4.69, 9.17) is 10.5 Å². The van der Waals surface area contributed by atoms with Gasteiger partial charge < -0.3 is 52.8 Å². The number of unbranched alkanes of at least 4 members (excludes halogenated alkanes) is 6. The number of primary amides is 1. The van der Waals surface area contributed by atoms with Gasteiger partial charge in [0.2, 0.25) is 47.3 Å². The normalized spacial score (nSPS) is 24.6. The van der Waals surface area contributed by atoms with Gasteiger partial charge in [-0.2, -0.15) is 0 Å². The molecule has 1 aliphatic heterocycles. The van der Waals surface area contributed by atoms with Crippen molar-refractivity contribution >= 4 is 59.2 Å². The third kappa shape index (κ3) is 26.8. The maximum atomic E-state index is 14.3. The van der Waals surface area contributed by atoms with Crippen molar-refractivity contribution in [2.75, 3.05) is 0 Å². The lowest BCUT2D eigenvalue weighted by Gasteiger charge is -2.30. The molecule has 1 aliphatic rings. The summed E-state index contributed by atoms with van der Waals surface area (Å²) in [5.41, 5.74) is 5.50. The number of carboxylic acid groups (broad SMARTS) is 1. The van der Waals surface area contributed by atoms with Crippen molar-refractivity contribution in [3.63, 3.8) is 0 Å². The molecule has 74 heavy (non-hydrogen) atoms. The fourth-order valence-electron chi connectivity index (χ4n) is 8.71. The van der Waals surface area contributed by atoms with Crippen molar-refractivity contribution in [3.05, 3.63) is 0 Å². The molecule has 0 aromatic rings. The summed E-state index contributed by atoms with van der Waals surface area (Å²) in [4.78, 5) is 138. The molecule has 10 atom stereocenters. The highest BCUT2D eigenvalue weighted by Gasteiger charge is 2.38. The van der Waals surface area contributed by atoms with E-state index in [1.165, 1.54) is 6.42 Å². The summed E-state index contributed by atoms with van der Waals surface area (Å²) in [6.07, 6.45) is 6.23. The number of amides is 8. The first kappa shape index (κ1) is 66.7. The fraction of sp³-hybridized carbons (Fsp3) is 0.815. The van der Waals surface area contributed by atoms with Crippen LogP contribution in [0, 0.1) is 35.5 Å². The number of hydrogen-bond donors (Lipinski definition) is 9. The number of rotatable bonds is 25. The summed E-state index contributed by atoms with van der Waals surface area (Å²) in [5, 5.41) is 28.6. The zero-order valence-electron chi connectivity index (χ0n) is 46.8. The van der Waals surface area contributed by atoms with E-state index in [0.29, 0.717) is 25.2 Å². The highest BCUT2D eigenvalue weighted by molar-refractivity contribution is 5.98. The van der Waals surface area contributed by atoms with Crippen molar-refractivity contribution in [2.45, 2.75) is 247 Å². The van der Waals surface area contributed by atoms with Crippen molar-refractivity contribution in [1.29, 1.82) is 0 Å². The van der Waals surface area contributed by atoms with E-state index in [1.54, 1.807) is 34.6 Å². The zero-order chi connectivity index (χ0) is 56.2. The number of cyclic esters (lactones) is 1. The molecule has 20 nitrogen and oxygen atoms in total. The molecule has 1 saturated heterocycles. The molecule has 0 spiro atoms. The summed E-state index contributed by atoms with van der Waals surface area (Å²) in [6.45, 7) is 22.3. The van der Waals surface area contributed by atoms with E-state index in [1.807, 2.05) is 34.6 Å². The van der Waals surface area contributed by atoms with Gasteiger partial charge in [-0.1, -0.05) is 141 Å². The Hall–Kier alpha value is -5.30. The van der Waals surface area contributed by atoms with Crippen molar-refractivity contribution < 1.29 is 57.8 Å². The molecular formula is C54H96N8O12. The fourth-order valence-corrected chi connectivity index (χ4v) is 8.71. The van der Waals surface area contributed by atoms with Gasteiger partial charge >= 0.3 is 11.9 Å². The smallest absolute Gasteiger partial charge is 0.329 e. The third-order valence-corrected chi connectivity index (χ3v) is 13.4. The van der Waals surface area contributed by atoms with Gasteiger partial charge in [-0.05, 0) is 74.0 Å². The number of nitrogens with one attached hydrogen (secondary N) is 7. The molecule has 0 aromatic heterocycles. The van der Waals surface area contributed by atoms with Crippen molar-refractivity contribution in [2.24, 2.45) is 41.2 Å². The Balaban J connectivity index is 4.00. The molecule has 424 valence electrons. The quantitative estimate of drug-likeness (QED) is 0.0439. The summed E-state index contributed by atoms with van der Waals surface area (Å²) in [5.74, 6) is -9.66. The monoisotopic (exact) mass is 1050 g/mol. The molecule has 10 N–H and O–H groups in total. The molecule has 0 unspecified atom stereocenters. The third-order valence-electron chi connectivity index (χ3n) is 13.4. The van der Waals surface area contributed by atoms with Crippen LogP contribution in [0.2, 0.25) is 0 Å². The van der Waals surface area contributed by atoms with Crippen LogP contribution < -0.4 is 43.0 Å². The number of esters is 1. The standard InChI is InChI=1S/C54H96N8O12/c1-13-35(11)46-53(72)60-42(30-45(65)66)50(69)59-41(28-34(9)10)52(71)62-47(36(12)14-2)54(73)74-37(23-21-19-17-15-16-18-20-22-31(3)4)29-44(64)56-38(24-25-43(55)63)48(67)57-39(26-32(5)6)49(68)58-40(27-33(7)8)51(70)61-46/h31-42,46-47H,13-30H2,1-12H3,(H2,55,63)(H,56,64)(H,57,67)(H,58,68)(H,59,69)(H,60,72)(H,61,70)(H,62,71)(H,65,66)/t35-,36-,37+,38-,39-,40+,41-,42-,46-,47-/m0/s1. The summed E-state index contributed by atoms with van der Waals surface area (Å²) in [7, 11) is 0. The van der Waals surface area contributed by atoms with E-state index in [0.717, 1.165) is 38.5 Å². The second-order valence-electron chi connectivity index (χ2n) is 22.3. The summed E-state index contributed by atoms with van der Waals surface area (Å²) in [6, 6.07) is -9.48. The van der Waals surface area contributed by atoms with Gasteiger partial charge in [0.05, 0.1) is 12.8 Å². The maximum absolute atomic E-state index is 14.3. The summed E-state index contributed by atoms with van der Waals surface area (Å²) < 4.78 is 6.09. The van der Waals surface area contributed by atoms with Gasteiger partial charge in [0.1, 0.15) is 48.4 Å². The Morgan fingerprint density at radius 1 is 0.514 bits per heavy atom. The van der Waals surface area contributed by atoms with Crippen molar-refractivity contribution in [1.82, 2.24) is 37.2 Å². The zero-order valence-corrected chi connectivity index (χ0v) is 46.8. The molecule has 0 radical (unpaired) electrons. The topological polar surface area (TPSA) is 310 Å². The molecule has 1 heterocycles. The Bertz CT molecular complexity index is 1830. The molecule has 0 aliphatic carbocycles. The van der Waals surface area contributed by atoms with Crippen LogP contribution in [0.5, 0.6) is 0 Å². The van der Waals surface area contributed by atoms with Crippen LogP contribution in [-0.4, -0.2) is 113 Å². The van der Waals surface area contributed by atoms with E-state index >= 15 is 0 Å². The Labute approximate surface area is 441 Å². The Morgan fingerprint density at radius 3 is 1.36 bits per heavy atom. The van der Waals surface area contributed by atoms with Gasteiger partial charge in [-0.3, -0.25) is 43.2 Å². The lowest BCUT2D eigenvalue weighted by molar-refractivity contribution is -0.156. The molecule has 1 rings (SSSR count). The van der Waals surface area contributed by atoms with E-state index in [2.05, 4.69) is 51.1 Å². The van der Waals surface area contributed by atoms with Crippen LogP contribution >= 0.6 is 0 Å². The van der Waals surface area contributed by atoms with Crippen LogP contribution in [-0.2, 0) is 52.7 Å². The Kier molecular flexibility index (Phi) is 31.6. The van der Waals surface area contributed by atoms with Crippen LogP contribution in [0.25, 0.3) is 0 Å². The van der Waals surface area contributed by atoms with Gasteiger partial charge in [-0.25, -0.2) is 4.79 Å². The molecule has 0 saturated carbocycles. The van der Waals surface area contributed by atoms with E-state index in [9.17, 15) is 53.1 Å². The molecular weight excluding hydrogens is 953 g/mol. The summed E-state index contributed by atoms with van der Waals surface area (Å²) >= 11 is 0. The number of nitrogens with two attached hydrogens (primary N) is 1. The second kappa shape index (κ2) is 35.0. The highest BCUT2D eigenvalue weighted by atomic mass is 16.5. The molecule has 8 amide bonds. The predicted octanol–water partition coefficient (Wildman–Crippen LogP) is 4.83. The first-order chi connectivity index (χ1) is 34.7. The maximum Gasteiger partial charge on any atom is 0.329 e. The number of carbonyl (C=O) groups excluding carboxylic acids is 9. The lowest BCUT2D eigenvalue weighted by atomic mass is 9.95. The van der Waals surface area contributed by atoms with Gasteiger partial charge in [0.15, 0.2) is 0 Å². The lowest BCUT2D eigenvalue weighted by Crippen LogP contribution is -2.61. The highest BCUT2D eigenvalue weighted by Crippen LogP contribution is 2.20. The number of carbonyl (C=O) groups is 10. The number of ether oxygens (including phenoxy) is 1. The van der Waals surface area contributed by atoms with Crippen LogP contribution in [0.4, 0.5) is 0 Å². The number of carboxylic acids is 1. The second-order valence-corrected chi connectivity index (χ2v) is 22.3. The molecule has 0 bridgehead atoms. The Morgan fingerprint density at radius 2 is 0.919 bits per heavy atom. The minimum absolute atomic E-state index is 0.0468. The number of hydrogen-bond acceptors (Lipinski definition) is 11. The van der Waals surface area contributed by atoms with Crippen molar-refractivity contribution in [3.8, 4) is 0 Å². The largest absolute Gasteiger partial charge is 0.481 e. The molecule has 1 fully saturated rings. The average Bonchev–Trinajstić information content (AvgIpc) is 3.30. The van der Waals surface area contributed by atoms with Gasteiger partial charge in [0.25, 0.3) is 0 Å². The first-order valence-corrected chi connectivity index (χ1v) is 27.5. The first-order valence-electron chi connectivity index (χ1n) is 27.5. The SMILES string of the molecule is CC[C@H](C)[C@@H]1NC(=O)[C@@H](CC(C)C)NC(=O)[C@H](CC(C)C)NC(=O)[C@H](CCC(N)=O)NC(=O)C[C@@H](CCCCCCCCCC(C)C)OC(=O)[C@H]([C@@H](C)CC)NC(=O)[C@H](CC(C)C)NC(=O)[C@H](CC(=O)O)NC1=O. The van der Waals surface area contributed by atoms with Crippen LogP contribution in [0.3, 0.4) is 0 Å². The minimum atomic E-state index is -1.72. The van der Waals surface area contributed by atoms with Crippen LogP contribution in [0.15, 0.2) is 0 Å². The van der Waals surface area contributed by atoms with E-state index < -0.39 is 132 Å². The number of aliphatic carboxylic acids is 1. The van der Waals surface area contributed by atoms with Crippen LogP contribution in [0.1, 0.15) is 199 Å².